The number of hydrogen-bond donors (Lipinski definition) is 4. The molecule has 0 aromatic heterocycles. The molecule has 1 aliphatic rings. The third-order valence-corrected chi connectivity index (χ3v) is 7.89. The number of rotatable bonds is 9. The molecule has 5 N–H and O–H groups in total. The van der Waals surface area contributed by atoms with Crippen molar-refractivity contribution >= 4 is 29.6 Å². The van der Waals surface area contributed by atoms with Gasteiger partial charge in [0.1, 0.15) is 5.75 Å². The summed E-state index contributed by atoms with van der Waals surface area (Å²) in [5.41, 5.74) is 9.83. The minimum absolute atomic E-state index is 0.200. The number of ether oxygens (including phenoxy) is 1. The number of nitrogens with one attached hydrogen (secondary N) is 3. The minimum Gasteiger partial charge on any atom is -0.497 e. The molecule has 0 fully saturated rings. The van der Waals surface area contributed by atoms with E-state index in [-0.39, 0.29) is 11.9 Å². The van der Waals surface area contributed by atoms with Gasteiger partial charge < -0.3 is 31.3 Å². The Balaban J connectivity index is 1.56. The fourth-order valence-corrected chi connectivity index (χ4v) is 5.56. The molecule has 9 nitrogen and oxygen atoms in total. The Labute approximate surface area is 245 Å². The maximum Gasteiger partial charge on any atom is 0.315 e. The molecular weight excluding hydrogens is 538 g/mol. The fourth-order valence-electron chi connectivity index (χ4n) is 4.42. The van der Waals surface area contributed by atoms with E-state index in [9.17, 15) is 14.4 Å². The van der Waals surface area contributed by atoms with Crippen LogP contribution < -0.4 is 26.4 Å². The molecule has 10 heteroatoms. The highest BCUT2D eigenvalue weighted by molar-refractivity contribution is 8.00. The summed E-state index contributed by atoms with van der Waals surface area (Å²) in [6.45, 7) is 6.81. The normalized spacial score (nSPS) is 15.0. The molecule has 0 radical (unpaired) electrons. The number of methoxy groups -OCH3 is 1. The smallest absolute Gasteiger partial charge is 0.315 e. The number of amides is 4. The van der Waals surface area contributed by atoms with Crippen molar-refractivity contribution in [2.24, 2.45) is 5.73 Å². The Kier molecular flexibility index (Phi) is 9.57. The van der Waals surface area contributed by atoms with Crippen molar-refractivity contribution in [2.75, 3.05) is 13.7 Å². The summed E-state index contributed by atoms with van der Waals surface area (Å²) in [6, 6.07) is 21.5. The summed E-state index contributed by atoms with van der Waals surface area (Å²) in [5.74, 6) is 0.0754. The quantitative estimate of drug-likeness (QED) is 0.306. The van der Waals surface area contributed by atoms with E-state index in [1.165, 1.54) is 11.8 Å². The van der Waals surface area contributed by atoms with E-state index in [4.69, 9.17) is 10.5 Å². The number of thioether (sulfide) groups is 1. The van der Waals surface area contributed by atoms with Crippen LogP contribution in [0, 0.1) is 0 Å². The van der Waals surface area contributed by atoms with Crippen LogP contribution >= 0.6 is 11.8 Å². The number of nitrogens with zero attached hydrogens (tertiary/aromatic N) is 1. The highest BCUT2D eigenvalue weighted by Crippen LogP contribution is 2.35. The lowest BCUT2D eigenvalue weighted by Crippen LogP contribution is -2.54. The first-order chi connectivity index (χ1) is 19.6. The van der Waals surface area contributed by atoms with Crippen molar-refractivity contribution in [1.82, 2.24) is 20.9 Å². The number of carbonyl (C=O) groups excluding carboxylic acids is 3. The first-order valence-corrected chi connectivity index (χ1v) is 14.4. The topological polar surface area (TPSA) is 126 Å². The van der Waals surface area contributed by atoms with E-state index in [2.05, 4.69) is 16.0 Å². The molecule has 0 saturated heterocycles. The lowest BCUT2D eigenvalue weighted by Gasteiger charge is -2.27. The molecule has 3 aromatic rings. The maximum atomic E-state index is 13.7. The Morgan fingerprint density at radius 1 is 1.07 bits per heavy atom. The molecule has 216 valence electrons. The average Bonchev–Trinajstić information content (AvgIpc) is 3.07. The lowest BCUT2D eigenvalue weighted by molar-refractivity contribution is -0.135. The van der Waals surface area contributed by atoms with E-state index in [0.717, 1.165) is 32.7 Å². The molecule has 0 saturated carbocycles. The number of hydrogen-bond acceptors (Lipinski definition) is 6. The average molecular weight is 576 g/mol. The summed E-state index contributed by atoms with van der Waals surface area (Å²) >= 11 is 1.29. The van der Waals surface area contributed by atoms with Gasteiger partial charge in [-0.15, -0.1) is 0 Å². The zero-order valence-corrected chi connectivity index (χ0v) is 24.6. The molecule has 0 bridgehead atoms. The van der Waals surface area contributed by atoms with Crippen LogP contribution in [0.5, 0.6) is 5.75 Å². The highest BCUT2D eigenvalue weighted by atomic mass is 32.2. The van der Waals surface area contributed by atoms with Crippen LogP contribution in [0.4, 0.5) is 4.79 Å². The van der Waals surface area contributed by atoms with Gasteiger partial charge in [-0.1, -0.05) is 66.4 Å². The summed E-state index contributed by atoms with van der Waals surface area (Å²) in [7, 11) is 1.60. The molecule has 3 aromatic carbocycles. The standard InChI is InChI=1S/C31H37N5O4S/c1-5-33-30(39)34-17-22-8-6-7-9-25(22)21-12-10-20(11-13-21)18-36-19-23-14-15-24(40-4)16-26(23)41-27(28(36)37)35-29(38)31(2,3)32/h6-16,27H,5,17-19,32H2,1-4H3,(H,35,38)(H2,33,34,39)/t27-/m1/s1. The Morgan fingerprint density at radius 2 is 1.80 bits per heavy atom. The van der Waals surface area contributed by atoms with Crippen LogP contribution in [-0.2, 0) is 29.2 Å². The lowest BCUT2D eigenvalue weighted by atomic mass is 9.98. The van der Waals surface area contributed by atoms with Crippen LogP contribution in [0.25, 0.3) is 11.1 Å². The molecular formula is C31H37N5O4S. The van der Waals surface area contributed by atoms with Gasteiger partial charge in [-0.2, -0.15) is 0 Å². The van der Waals surface area contributed by atoms with Gasteiger partial charge in [-0.25, -0.2) is 4.79 Å². The zero-order chi connectivity index (χ0) is 29.6. The zero-order valence-electron chi connectivity index (χ0n) is 23.8. The third kappa shape index (κ3) is 7.59. The molecule has 0 unspecified atom stereocenters. The van der Waals surface area contributed by atoms with Gasteiger partial charge in [-0.05, 0) is 60.7 Å². The predicted molar refractivity (Wildman–Crippen MR) is 161 cm³/mol. The van der Waals surface area contributed by atoms with Crippen molar-refractivity contribution in [3.8, 4) is 16.9 Å². The van der Waals surface area contributed by atoms with Gasteiger partial charge in [0.15, 0.2) is 5.37 Å². The Bertz CT molecular complexity index is 1400. The van der Waals surface area contributed by atoms with E-state index in [1.54, 1.807) is 25.9 Å². The third-order valence-electron chi connectivity index (χ3n) is 6.70. The van der Waals surface area contributed by atoms with Gasteiger partial charge in [-0.3, -0.25) is 9.59 Å². The maximum absolute atomic E-state index is 13.7. The number of fused-ring (bicyclic) bond motifs is 1. The van der Waals surface area contributed by atoms with Gasteiger partial charge >= 0.3 is 6.03 Å². The van der Waals surface area contributed by atoms with Crippen LogP contribution in [0.1, 0.15) is 37.5 Å². The van der Waals surface area contributed by atoms with Crippen LogP contribution in [0.15, 0.2) is 71.6 Å². The largest absolute Gasteiger partial charge is 0.497 e. The van der Waals surface area contributed by atoms with E-state index >= 15 is 0 Å². The molecule has 1 heterocycles. The Morgan fingerprint density at radius 3 is 2.49 bits per heavy atom. The Hall–Kier alpha value is -4.02. The molecule has 0 aliphatic carbocycles. The van der Waals surface area contributed by atoms with Crippen molar-refractivity contribution in [1.29, 1.82) is 0 Å². The second kappa shape index (κ2) is 13.1. The van der Waals surface area contributed by atoms with Crippen LogP contribution in [0.3, 0.4) is 0 Å². The first-order valence-electron chi connectivity index (χ1n) is 13.5. The fraction of sp³-hybridized carbons (Fsp3) is 0.323. The summed E-state index contributed by atoms with van der Waals surface area (Å²) < 4.78 is 5.39. The van der Waals surface area contributed by atoms with E-state index < -0.39 is 16.8 Å². The molecule has 1 aliphatic heterocycles. The van der Waals surface area contributed by atoms with E-state index in [0.29, 0.717) is 31.9 Å². The number of urea groups is 1. The monoisotopic (exact) mass is 575 g/mol. The van der Waals surface area contributed by atoms with Crippen LogP contribution in [0.2, 0.25) is 0 Å². The van der Waals surface area contributed by atoms with Gasteiger partial charge in [0.2, 0.25) is 5.91 Å². The van der Waals surface area contributed by atoms with Crippen molar-refractivity contribution in [3.05, 3.63) is 83.4 Å². The second-order valence-electron chi connectivity index (χ2n) is 10.4. The number of nitrogens with two attached hydrogens (primary N) is 1. The van der Waals surface area contributed by atoms with Crippen molar-refractivity contribution in [2.45, 2.75) is 56.2 Å². The van der Waals surface area contributed by atoms with Crippen molar-refractivity contribution in [3.63, 3.8) is 0 Å². The molecule has 4 amide bonds. The second-order valence-corrected chi connectivity index (χ2v) is 11.6. The van der Waals surface area contributed by atoms with Gasteiger partial charge in [0, 0.05) is 31.1 Å². The highest BCUT2D eigenvalue weighted by Gasteiger charge is 2.34. The van der Waals surface area contributed by atoms with Gasteiger partial charge in [0.25, 0.3) is 5.91 Å². The molecule has 41 heavy (non-hydrogen) atoms. The van der Waals surface area contributed by atoms with E-state index in [1.807, 2.05) is 73.7 Å². The molecule has 0 spiro atoms. The first kappa shape index (κ1) is 30.0. The molecule has 1 atom stereocenters. The van der Waals surface area contributed by atoms with Gasteiger partial charge in [0.05, 0.1) is 12.6 Å². The summed E-state index contributed by atoms with van der Waals surface area (Å²) in [5, 5.41) is 7.64. The minimum atomic E-state index is -1.13. The summed E-state index contributed by atoms with van der Waals surface area (Å²) in [4.78, 5) is 41.0. The number of benzene rings is 3. The summed E-state index contributed by atoms with van der Waals surface area (Å²) in [6.07, 6.45) is 0. The molecule has 4 rings (SSSR count). The number of carbonyl (C=O) groups is 3. The predicted octanol–water partition coefficient (Wildman–Crippen LogP) is 4.00. The SMILES string of the molecule is CCNC(=O)NCc1ccccc1-c1ccc(CN2Cc3ccc(OC)cc3S[C@@H](NC(=O)C(C)(C)N)C2=O)cc1. The van der Waals surface area contributed by atoms with Crippen LogP contribution in [-0.4, -0.2) is 47.3 Å². The van der Waals surface area contributed by atoms with Crippen molar-refractivity contribution < 1.29 is 19.1 Å².